The van der Waals surface area contributed by atoms with Gasteiger partial charge in [-0.3, -0.25) is 5.73 Å². The first-order valence-electron chi connectivity index (χ1n) is 2.10. The minimum atomic E-state index is -3.42. The lowest BCUT2D eigenvalue weighted by Gasteiger charge is -1.76. The normalized spacial score (nSPS) is 36.2. The van der Waals surface area contributed by atoms with Gasteiger partial charge in [0.15, 0.2) is 0 Å². The van der Waals surface area contributed by atoms with E-state index in [1.807, 2.05) is 0 Å². The van der Waals surface area contributed by atoms with Crippen molar-refractivity contribution in [3.8, 4) is 0 Å². The third kappa shape index (κ3) is 0.772. The van der Waals surface area contributed by atoms with E-state index in [0.29, 0.717) is 0 Å². The van der Waals surface area contributed by atoms with E-state index in [-0.39, 0.29) is 4.58 Å². The van der Waals surface area contributed by atoms with Crippen LogP contribution in [-0.2, 0) is 0 Å². The molecular weight excluding hydrogens is 153 g/mol. The Bertz CT molecular complexity index is 174. The Morgan fingerprint density at radius 1 is 1.67 bits per heavy atom. The van der Waals surface area contributed by atoms with Gasteiger partial charge in [0.1, 0.15) is 0 Å². The van der Waals surface area contributed by atoms with Crippen LogP contribution < -0.4 is 5.73 Å². The first-order valence-corrected chi connectivity index (χ1v) is 2.55. The largest absolute Gasteiger partial charge is 0.469 e. The first-order chi connectivity index (χ1) is 3.98. The molecule has 0 saturated carbocycles. The number of hydrogen-bond acceptors (Lipinski definition) is 0. The van der Waals surface area contributed by atoms with Gasteiger partial charge < -0.3 is 0 Å². The Kier molecular flexibility index (Phi) is 1.16. The quantitative estimate of drug-likeness (QED) is 0.169. The van der Waals surface area contributed by atoms with Gasteiger partial charge in [-0.05, 0) is 0 Å². The van der Waals surface area contributed by atoms with Crippen LogP contribution in [0.1, 0.15) is 0 Å². The molecule has 0 radical (unpaired) electrons. The Hall–Kier alpha value is -0.390. The highest BCUT2D eigenvalue weighted by molar-refractivity contribution is 7.96. The van der Waals surface area contributed by atoms with Crippen LogP contribution in [0.4, 0.5) is 13.2 Å². The molecule has 0 aromatic heterocycles. The minimum Gasteiger partial charge on any atom is -0.281 e. The molecular formula is C3H4F3N2S+. The molecule has 1 fully saturated rings. The second-order valence-corrected chi connectivity index (χ2v) is 2.11. The molecule has 1 aliphatic heterocycles. The third-order valence-corrected chi connectivity index (χ3v) is 1.23. The Labute approximate surface area is 54.6 Å². The van der Waals surface area contributed by atoms with Gasteiger partial charge in [-0.1, -0.05) is 12.6 Å². The van der Waals surface area contributed by atoms with Gasteiger partial charge in [-0.15, -0.1) is 4.58 Å². The van der Waals surface area contributed by atoms with Crippen molar-refractivity contribution in [2.24, 2.45) is 5.73 Å². The van der Waals surface area contributed by atoms with Crippen LogP contribution in [-0.4, -0.2) is 22.1 Å². The number of halogens is 3. The Balaban J connectivity index is 2.86. The average molecular weight is 157 g/mol. The fourth-order valence-corrected chi connectivity index (χ4v) is 0.719. The lowest BCUT2D eigenvalue weighted by Crippen LogP contribution is -2.12. The van der Waals surface area contributed by atoms with Crippen LogP contribution in [0.25, 0.3) is 0 Å². The molecule has 2 nitrogen and oxygen atoms in total. The summed E-state index contributed by atoms with van der Waals surface area (Å²) in [6, 6.07) is -3.42. The first kappa shape index (κ1) is 6.73. The fourth-order valence-electron chi connectivity index (χ4n) is 0.485. The van der Waals surface area contributed by atoms with E-state index in [0.717, 1.165) is 0 Å². The molecule has 52 valence electrons. The van der Waals surface area contributed by atoms with Crippen molar-refractivity contribution >= 4 is 17.8 Å². The summed E-state index contributed by atoms with van der Waals surface area (Å²) in [7, 11) is 0. The molecule has 1 aliphatic rings. The van der Waals surface area contributed by atoms with Crippen LogP contribution in [0.3, 0.4) is 0 Å². The SMILES string of the molecule is NC(S)=[N+]1C(F)C1(F)F. The predicted molar refractivity (Wildman–Crippen MR) is 28.3 cm³/mol. The molecule has 1 heterocycles. The number of nitrogens with two attached hydrogens (primary N) is 1. The van der Waals surface area contributed by atoms with E-state index >= 15 is 0 Å². The van der Waals surface area contributed by atoms with Crippen LogP contribution in [0.5, 0.6) is 0 Å². The van der Waals surface area contributed by atoms with E-state index in [1.54, 1.807) is 0 Å². The van der Waals surface area contributed by atoms with Crippen LogP contribution in [0, 0.1) is 0 Å². The van der Waals surface area contributed by atoms with Crippen molar-refractivity contribution in [1.29, 1.82) is 0 Å². The van der Waals surface area contributed by atoms with E-state index in [9.17, 15) is 13.2 Å². The zero-order valence-electron chi connectivity index (χ0n) is 4.18. The van der Waals surface area contributed by atoms with Gasteiger partial charge in [-0.25, -0.2) is 0 Å². The maximum absolute atomic E-state index is 11.8. The van der Waals surface area contributed by atoms with Crippen LogP contribution in [0.15, 0.2) is 0 Å². The zero-order valence-corrected chi connectivity index (χ0v) is 5.08. The number of nitrogens with zero attached hydrogens (tertiary/aromatic N) is 1. The minimum absolute atomic E-state index is 0.0795. The summed E-state index contributed by atoms with van der Waals surface area (Å²) in [6.45, 7) is 0. The van der Waals surface area contributed by atoms with Gasteiger partial charge in [0, 0.05) is 0 Å². The monoisotopic (exact) mass is 157 g/mol. The predicted octanol–water partition coefficient (Wildman–Crippen LogP) is 0.145. The molecule has 0 bridgehead atoms. The molecule has 1 saturated heterocycles. The molecule has 2 N–H and O–H groups in total. The van der Waals surface area contributed by atoms with E-state index in [2.05, 4.69) is 12.6 Å². The Morgan fingerprint density at radius 3 is 2.00 bits per heavy atom. The topological polar surface area (TPSA) is 29.0 Å². The average Bonchev–Trinajstić information content (AvgIpc) is 2.07. The van der Waals surface area contributed by atoms with Crippen molar-refractivity contribution in [2.75, 3.05) is 0 Å². The number of hydrogen-bond donors (Lipinski definition) is 2. The highest BCUT2D eigenvalue weighted by atomic mass is 32.1. The smallest absolute Gasteiger partial charge is 0.281 e. The van der Waals surface area contributed by atoms with Crippen molar-refractivity contribution in [3.05, 3.63) is 0 Å². The second-order valence-electron chi connectivity index (χ2n) is 1.65. The molecule has 0 aliphatic carbocycles. The molecule has 0 aromatic carbocycles. The van der Waals surface area contributed by atoms with Gasteiger partial charge in [-0.2, -0.15) is 13.2 Å². The van der Waals surface area contributed by atoms with Crippen LogP contribution in [0.2, 0.25) is 0 Å². The van der Waals surface area contributed by atoms with E-state index in [4.69, 9.17) is 5.73 Å². The summed E-state index contributed by atoms with van der Waals surface area (Å²) in [5, 5.41) is -0.493. The summed E-state index contributed by atoms with van der Waals surface area (Å²) in [5.74, 6) is 0. The van der Waals surface area contributed by atoms with Crippen molar-refractivity contribution in [2.45, 2.75) is 12.3 Å². The van der Waals surface area contributed by atoms with E-state index in [1.165, 1.54) is 0 Å². The fraction of sp³-hybridized carbons (Fsp3) is 0.667. The molecule has 1 atom stereocenters. The number of thiol groups is 1. The van der Waals surface area contributed by atoms with Gasteiger partial charge in [0.05, 0.1) is 0 Å². The van der Waals surface area contributed by atoms with Crippen molar-refractivity contribution in [1.82, 2.24) is 0 Å². The molecule has 9 heavy (non-hydrogen) atoms. The summed E-state index contributed by atoms with van der Waals surface area (Å²) in [6.07, 6.45) is -2.28. The van der Waals surface area contributed by atoms with E-state index < -0.39 is 17.5 Å². The standard InChI is InChI=1S/C3H3F3N2S/c4-1-3(5,6)8(1)2(7)9/h1H,(H2,7,9)/p+1. The van der Waals surface area contributed by atoms with Crippen LogP contribution >= 0.6 is 12.6 Å². The molecule has 0 amide bonds. The lowest BCUT2D eigenvalue weighted by atomic mass is 10.8. The van der Waals surface area contributed by atoms with Gasteiger partial charge in [0.25, 0.3) is 0 Å². The Morgan fingerprint density at radius 2 is 2.00 bits per heavy atom. The molecule has 6 heteroatoms. The van der Waals surface area contributed by atoms with Crippen molar-refractivity contribution in [3.63, 3.8) is 0 Å². The summed E-state index contributed by atoms with van der Waals surface area (Å²) < 4.78 is 35.6. The lowest BCUT2D eigenvalue weighted by molar-refractivity contribution is -0.470. The second kappa shape index (κ2) is 1.56. The molecule has 1 unspecified atom stereocenters. The molecule has 1 rings (SSSR count). The maximum atomic E-state index is 11.8. The third-order valence-electron chi connectivity index (χ3n) is 1.01. The summed E-state index contributed by atoms with van der Waals surface area (Å²) >= 11 is 3.33. The molecule has 0 aromatic rings. The number of rotatable bonds is 0. The summed E-state index contributed by atoms with van der Waals surface area (Å²) in [5.41, 5.74) is 4.75. The maximum Gasteiger partial charge on any atom is 0.469 e. The number of alkyl halides is 3. The van der Waals surface area contributed by atoms with Gasteiger partial charge >= 0.3 is 17.5 Å². The van der Waals surface area contributed by atoms with Crippen molar-refractivity contribution < 1.29 is 17.7 Å². The number of amidine groups is 1. The highest BCUT2D eigenvalue weighted by Crippen LogP contribution is 2.40. The molecule has 0 spiro atoms. The summed E-state index contributed by atoms with van der Waals surface area (Å²) in [4.78, 5) is 0. The zero-order chi connectivity index (χ0) is 7.23. The highest BCUT2D eigenvalue weighted by Gasteiger charge is 2.73. The van der Waals surface area contributed by atoms with Gasteiger partial charge in [0.2, 0.25) is 0 Å².